The molecular formula is C15H30N2O2. The summed E-state index contributed by atoms with van der Waals surface area (Å²) < 4.78 is 0. The van der Waals surface area contributed by atoms with Gasteiger partial charge in [-0.1, -0.05) is 45.4 Å². The molecule has 1 heterocycles. The summed E-state index contributed by atoms with van der Waals surface area (Å²) in [7, 11) is 0. The van der Waals surface area contributed by atoms with Crippen molar-refractivity contribution in [3.05, 3.63) is 0 Å². The fourth-order valence-electron chi connectivity index (χ4n) is 2.48. The van der Waals surface area contributed by atoms with Gasteiger partial charge in [-0.25, -0.2) is 0 Å². The predicted molar refractivity (Wildman–Crippen MR) is 78.1 cm³/mol. The molecule has 19 heavy (non-hydrogen) atoms. The Balaban J connectivity index is 1.93. The van der Waals surface area contributed by atoms with Crippen LogP contribution < -0.4 is 10.6 Å². The lowest BCUT2D eigenvalue weighted by molar-refractivity contribution is -0.122. The molecule has 1 aliphatic rings. The normalized spacial score (nSPS) is 22.6. The molecule has 1 rings (SSSR count). The molecule has 0 bridgehead atoms. The van der Waals surface area contributed by atoms with E-state index < -0.39 is 5.60 Å². The minimum absolute atomic E-state index is 0.0777. The molecule has 1 atom stereocenters. The molecule has 0 saturated carbocycles. The molecule has 1 aliphatic heterocycles. The summed E-state index contributed by atoms with van der Waals surface area (Å²) in [4.78, 5) is 11.6. The van der Waals surface area contributed by atoms with Gasteiger partial charge in [0.05, 0.1) is 5.60 Å². The Hall–Kier alpha value is -0.610. The zero-order valence-corrected chi connectivity index (χ0v) is 12.3. The number of aliphatic hydroxyl groups is 1. The lowest BCUT2D eigenvalue weighted by Gasteiger charge is -2.21. The van der Waals surface area contributed by atoms with E-state index in [0.717, 1.165) is 25.8 Å². The zero-order valence-electron chi connectivity index (χ0n) is 12.3. The van der Waals surface area contributed by atoms with Gasteiger partial charge < -0.3 is 15.7 Å². The van der Waals surface area contributed by atoms with E-state index in [4.69, 9.17) is 0 Å². The van der Waals surface area contributed by atoms with Gasteiger partial charge in [-0.05, 0) is 19.4 Å². The molecule has 0 radical (unpaired) electrons. The van der Waals surface area contributed by atoms with Gasteiger partial charge in [0.25, 0.3) is 0 Å². The summed E-state index contributed by atoms with van der Waals surface area (Å²) >= 11 is 0. The first-order valence-electron chi connectivity index (χ1n) is 7.86. The van der Waals surface area contributed by atoms with Gasteiger partial charge in [0.2, 0.25) is 5.91 Å². The first kappa shape index (κ1) is 16.4. The predicted octanol–water partition coefficient (Wildman–Crippen LogP) is 1.97. The molecule has 0 aromatic carbocycles. The fourth-order valence-corrected chi connectivity index (χ4v) is 2.48. The summed E-state index contributed by atoms with van der Waals surface area (Å²) in [6.45, 7) is 4.03. The Morgan fingerprint density at radius 3 is 2.53 bits per heavy atom. The van der Waals surface area contributed by atoms with Crippen LogP contribution in [0.5, 0.6) is 0 Å². The van der Waals surface area contributed by atoms with E-state index in [2.05, 4.69) is 17.6 Å². The largest absolute Gasteiger partial charge is 0.387 e. The average molecular weight is 270 g/mol. The maximum Gasteiger partial charge on any atom is 0.220 e. The van der Waals surface area contributed by atoms with Crippen LogP contribution >= 0.6 is 0 Å². The van der Waals surface area contributed by atoms with E-state index in [0.29, 0.717) is 19.5 Å². The molecular weight excluding hydrogens is 240 g/mol. The van der Waals surface area contributed by atoms with Crippen molar-refractivity contribution in [2.45, 2.75) is 70.3 Å². The minimum Gasteiger partial charge on any atom is -0.387 e. The monoisotopic (exact) mass is 270 g/mol. The standard InChI is InChI=1S/C15H30N2O2/c1-2-3-4-5-6-7-8-9-14(18)17-13-15(19)10-11-16-12-15/h16,19H,2-13H2,1H3,(H,17,18). The highest BCUT2D eigenvalue weighted by molar-refractivity contribution is 5.75. The first-order chi connectivity index (χ1) is 9.16. The van der Waals surface area contributed by atoms with E-state index in [-0.39, 0.29) is 5.91 Å². The quantitative estimate of drug-likeness (QED) is 0.532. The third kappa shape index (κ3) is 7.53. The summed E-state index contributed by atoms with van der Waals surface area (Å²) in [6.07, 6.45) is 9.89. The number of carbonyl (C=O) groups is 1. The van der Waals surface area contributed by atoms with Gasteiger partial charge in [0.15, 0.2) is 0 Å². The van der Waals surface area contributed by atoms with Gasteiger partial charge in [-0.2, -0.15) is 0 Å². The van der Waals surface area contributed by atoms with Gasteiger partial charge in [0, 0.05) is 19.5 Å². The molecule has 1 amide bonds. The van der Waals surface area contributed by atoms with Crippen LogP contribution in [-0.2, 0) is 4.79 Å². The molecule has 0 aliphatic carbocycles. The van der Waals surface area contributed by atoms with Crippen molar-refractivity contribution in [2.75, 3.05) is 19.6 Å². The van der Waals surface area contributed by atoms with Crippen LogP contribution in [0.4, 0.5) is 0 Å². The summed E-state index contributed by atoms with van der Waals surface area (Å²) in [5.74, 6) is 0.0777. The second kappa shape index (κ2) is 9.32. The van der Waals surface area contributed by atoms with E-state index >= 15 is 0 Å². The molecule has 0 spiro atoms. The van der Waals surface area contributed by atoms with Crippen molar-refractivity contribution in [3.8, 4) is 0 Å². The van der Waals surface area contributed by atoms with Crippen LogP contribution in [0.3, 0.4) is 0 Å². The number of unbranched alkanes of at least 4 members (excludes halogenated alkanes) is 6. The van der Waals surface area contributed by atoms with Crippen LogP contribution in [0.25, 0.3) is 0 Å². The maximum atomic E-state index is 11.6. The highest BCUT2D eigenvalue weighted by Crippen LogP contribution is 2.13. The Bertz CT molecular complexity index is 251. The lowest BCUT2D eigenvalue weighted by Crippen LogP contribution is -2.44. The highest BCUT2D eigenvalue weighted by atomic mass is 16.3. The van der Waals surface area contributed by atoms with E-state index in [9.17, 15) is 9.90 Å². The number of rotatable bonds is 10. The SMILES string of the molecule is CCCCCCCCCC(=O)NCC1(O)CCNC1. The molecule has 112 valence electrons. The molecule has 1 unspecified atom stereocenters. The van der Waals surface area contributed by atoms with Crippen molar-refractivity contribution in [1.29, 1.82) is 0 Å². The van der Waals surface area contributed by atoms with Crippen LogP contribution in [0.2, 0.25) is 0 Å². The summed E-state index contributed by atoms with van der Waals surface area (Å²) in [5, 5.41) is 16.0. The molecule has 1 saturated heterocycles. The third-order valence-electron chi connectivity index (χ3n) is 3.84. The number of carbonyl (C=O) groups excluding carboxylic acids is 1. The van der Waals surface area contributed by atoms with Crippen LogP contribution in [-0.4, -0.2) is 36.2 Å². The zero-order chi connectivity index (χ0) is 14.0. The van der Waals surface area contributed by atoms with Crippen molar-refractivity contribution in [3.63, 3.8) is 0 Å². The van der Waals surface area contributed by atoms with Gasteiger partial charge in [0.1, 0.15) is 0 Å². The molecule has 0 aromatic rings. The fraction of sp³-hybridized carbons (Fsp3) is 0.933. The van der Waals surface area contributed by atoms with Gasteiger partial charge in [-0.3, -0.25) is 4.79 Å². The molecule has 1 fully saturated rings. The minimum atomic E-state index is -0.726. The molecule has 4 nitrogen and oxygen atoms in total. The van der Waals surface area contributed by atoms with Crippen molar-refractivity contribution in [1.82, 2.24) is 10.6 Å². The van der Waals surface area contributed by atoms with Crippen LogP contribution in [0.15, 0.2) is 0 Å². The molecule has 3 N–H and O–H groups in total. The Morgan fingerprint density at radius 1 is 1.21 bits per heavy atom. The van der Waals surface area contributed by atoms with E-state index in [1.807, 2.05) is 0 Å². The first-order valence-corrected chi connectivity index (χ1v) is 7.86. The smallest absolute Gasteiger partial charge is 0.220 e. The lowest BCUT2D eigenvalue weighted by atomic mass is 10.0. The van der Waals surface area contributed by atoms with Gasteiger partial charge >= 0.3 is 0 Å². The number of nitrogens with one attached hydrogen (secondary N) is 2. The van der Waals surface area contributed by atoms with Crippen molar-refractivity contribution in [2.24, 2.45) is 0 Å². The van der Waals surface area contributed by atoms with Crippen LogP contribution in [0.1, 0.15) is 64.7 Å². The maximum absolute atomic E-state index is 11.6. The van der Waals surface area contributed by atoms with Crippen LogP contribution in [0, 0.1) is 0 Å². The Kier molecular flexibility index (Phi) is 8.07. The van der Waals surface area contributed by atoms with Crippen molar-refractivity contribution >= 4 is 5.91 Å². The topological polar surface area (TPSA) is 61.4 Å². The average Bonchev–Trinajstić information content (AvgIpc) is 2.83. The number of hydrogen-bond donors (Lipinski definition) is 3. The number of amides is 1. The number of β-amino-alcohol motifs (C(OH)–C–C–N with tert-alkyl or cyclic N) is 1. The summed E-state index contributed by atoms with van der Waals surface area (Å²) in [6, 6.07) is 0. The van der Waals surface area contributed by atoms with E-state index in [1.165, 1.54) is 32.1 Å². The second-order valence-corrected chi connectivity index (χ2v) is 5.80. The number of hydrogen-bond acceptors (Lipinski definition) is 3. The summed E-state index contributed by atoms with van der Waals surface area (Å²) in [5.41, 5.74) is -0.726. The second-order valence-electron chi connectivity index (χ2n) is 5.80. The van der Waals surface area contributed by atoms with E-state index in [1.54, 1.807) is 0 Å². The molecule has 0 aromatic heterocycles. The van der Waals surface area contributed by atoms with Crippen molar-refractivity contribution < 1.29 is 9.90 Å². The highest BCUT2D eigenvalue weighted by Gasteiger charge is 2.30. The third-order valence-corrected chi connectivity index (χ3v) is 3.84. The van der Waals surface area contributed by atoms with Gasteiger partial charge in [-0.15, -0.1) is 0 Å². The Morgan fingerprint density at radius 2 is 1.89 bits per heavy atom. The molecule has 4 heteroatoms. The Labute approximate surface area is 117 Å².